The second-order valence-corrected chi connectivity index (χ2v) is 5.58. The number of allylic oxidation sites excluding steroid dienone is 1. The zero-order valence-electron chi connectivity index (χ0n) is 14.3. The van der Waals surface area contributed by atoms with E-state index in [0.717, 1.165) is 21.9 Å². The Hall–Kier alpha value is -3.25. The Morgan fingerprint density at radius 3 is 2.52 bits per heavy atom. The molecule has 0 unspecified atom stereocenters. The Morgan fingerprint density at radius 2 is 1.80 bits per heavy atom. The van der Waals surface area contributed by atoms with Crippen LogP contribution in [0.3, 0.4) is 0 Å². The molecule has 0 bridgehead atoms. The molecule has 3 aromatic carbocycles. The standard InChI is InChI=1S/C22H19NO2/c1-3-25-21-11-8-16(13-22(21)24-2)12-20(15-23)19-10-9-17-6-4-5-7-18(17)14-19/h4-14H,3H2,1-2H3/b20-12-. The molecular weight excluding hydrogens is 310 g/mol. The quantitative estimate of drug-likeness (QED) is 0.470. The first kappa shape index (κ1) is 16.6. The number of methoxy groups -OCH3 is 1. The average Bonchev–Trinajstić information content (AvgIpc) is 2.66. The summed E-state index contributed by atoms with van der Waals surface area (Å²) in [4.78, 5) is 0. The minimum absolute atomic E-state index is 0.575. The first-order chi connectivity index (χ1) is 12.2. The van der Waals surface area contributed by atoms with Gasteiger partial charge in [0.25, 0.3) is 0 Å². The summed E-state index contributed by atoms with van der Waals surface area (Å²) in [6.07, 6.45) is 1.86. The van der Waals surface area contributed by atoms with Crippen molar-refractivity contribution in [2.75, 3.05) is 13.7 Å². The Morgan fingerprint density at radius 1 is 1.00 bits per heavy atom. The number of nitrogens with zero attached hydrogens (tertiary/aromatic N) is 1. The second-order valence-electron chi connectivity index (χ2n) is 5.58. The first-order valence-corrected chi connectivity index (χ1v) is 8.17. The van der Waals surface area contributed by atoms with Gasteiger partial charge in [-0.2, -0.15) is 5.26 Å². The van der Waals surface area contributed by atoms with E-state index in [1.165, 1.54) is 0 Å². The van der Waals surface area contributed by atoms with Crippen molar-refractivity contribution in [1.29, 1.82) is 5.26 Å². The third-order valence-electron chi connectivity index (χ3n) is 3.98. The van der Waals surface area contributed by atoms with E-state index in [0.29, 0.717) is 23.7 Å². The molecule has 0 fully saturated rings. The topological polar surface area (TPSA) is 42.2 Å². The maximum atomic E-state index is 9.60. The summed E-state index contributed by atoms with van der Waals surface area (Å²) < 4.78 is 10.9. The van der Waals surface area contributed by atoms with Crippen molar-refractivity contribution in [2.24, 2.45) is 0 Å². The van der Waals surface area contributed by atoms with Crippen molar-refractivity contribution in [3.63, 3.8) is 0 Å². The second kappa shape index (κ2) is 7.55. The van der Waals surface area contributed by atoms with E-state index in [-0.39, 0.29) is 0 Å². The van der Waals surface area contributed by atoms with Crippen LogP contribution in [0, 0.1) is 11.3 Å². The minimum atomic E-state index is 0.575. The molecule has 0 saturated heterocycles. The van der Waals surface area contributed by atoms with E-state index in [1.54, 1.807) is 7.11 Å². The predicted octanol–water partition coefficient (Wildman–Crippen LogP) is 5.31. The van der Waals surface area contributed by atoms with Gasteiger partial charge in [-0.25, -0.2) is 0 Å². The molecule has 25 heavy (non-hydrogen) atoms. The van der Waals surface area contributed by atoms with Gasteiger partial charge in [0, 0.05) is 0 Å². The molecule has 124 valence electrons. The molecule has 0 aliphatic heterocycles. The van der Waals surface area contributed by atoms with Crippen molar-refractivity contribution in [3.05, 3.63) is 71.8 Å². The lowest BCUT2D eigenvalue weighted by molar-refractivity contribution is 0.311. The molecular formula is C22H19NO2. The lowest BCUT2D eigenvalue weighted by atomic mass is 10.00. The zero-order valence-corrected chi connectivity index (χ0v) is 14.3. The van der Waals surface area contributed by atoms with Crippen LogP contribution in [0.15, 0.2) is 60.7 Å². The Labute approximate surface area is 147 Å². The van der Waals surface area contributed by atoms with E-state index < -0.39 is 0 Å². The average molecular weight is 329 g/mol. The summed E-state index contributed by atoms with van der Waals surface area (Å²) in [5.74, 6) is 1.36. The summed E-state index contributed by atoms with van der Waals surface area (Å²) >= 11 is 0. The number of ether oxygens (including phenoxy) is 2. The molecule has 3 aromatic rings. The Balaban J connectivity index is 2.00. The zero-order chi connectivity index (χ0) is 17.6. The van der Waals surface area contributed by atoms with Crippen molar-refractivity contribution in [2.45, 2.75) is 6.92 Å². The third-order valence-corrected chi connectivity index (χ3v) is 3.98. The van der Waals surface area contributed by atoms with Crippen molar-refractivity contribution in [3.8, 4) is 17.6 Å². The van der Waals surface area contributed by atoms with E-state index in [1.807, 2.05) is 67.6 Å². The summed E-state index contributed by atoms with van der Waals surface area (Å²) in [5.41, 5.74) is 2.40. The number of hydrogen-bond donors (Lipinski definition) is 0. The summed E-state index contributed by atoms with van der Waals surface area (Å²) in [5, 5.41) is 11.9. The molecule has 0 aromatic heterocycles. The van der Waals surface area contributed by atoms with E-state index >= 15 is 0 Å². The van der Waals surface area contributed by atoms with Crippen molar-refractivity contribution >= 4 is 22.4 Å². The molecule has 0 aliphatic rings. The fourth-order valence-corrected chi connectivity index (χ4v) is 2.75. The van der Waals surface area contributed by atoms with Gasteiger partial charge >= 0.3 is 0 Å². The van der Waals surface area contributed by atoms with Crippen LogP contribution in [0.2, 0.25) is 0 Å². The molecule has 0 spiro atoms. The predicted molar refractivity (Wildman–Crippen MR) is 102 cm³/mol. The van der Waals surface area contributed by atoms with Crippen LogP contribution >= 0.6 is 0 Å². The van der Waals surface area contributed by atoms with Crippen LogP contribution in [0.4, 0.5) is 0 Å². The van der Waals surface area contributed by atoms with Crippen LogP contribution in [0.1, 0.15) is 18.1 Å². The van der Waals surface area contributed by atoms with Gasteiger partial charge in [-0.1, -0.05) is 42.5 Å². The molecule has 0 aliphatic carbocycles. The highest BCUT2D eigenvalue weighted by Gasteiger charge is 2.07. The molecule has 3 nitrogen and oxygen atoms in total. The van der Waals surface area contributed by atoms with E-state index in [4.69, 9.17) is 9.47 Å². The van der Waals surface area contributed by atoms with Crippen LogP contribution in [0.25, 0.3) is 22.4 Å². The maximum Gasteiger partial charge on any atom is 0.161 e. The van der Waals surface area contributed by atoms with Crippen LogP contribution in [0.5, 0.6) is 11.5 Å². The van der Waals surface area contributed by atoms with Crippen LogP contribution < -0.4 is 9.47 Å². The van der Waals surface area contributed by atoms with Crippen molar-refractivity contribution in [1.82, 2.24) is 0 Å². The van der Waals surface area contributed by atoms with Gasteiger partial charge in [-0.15, -0.1) is 0 Å². The van der Waals surface area contributed by atoms with Gasteiger partial charge in [0.15, 0.2) is 11.5 Å². The van der Waals surface area contributed by atoms with E-state index in [9.17, 15) is 5.26 Å². The fourth-order valence-electron chi connectivity index (χ4n) is 2.75. The smallest absolute Gasteiger partial charge is 0.161 e. The molecule has 3 rings (SSSR count). The monoisotopic (exact) mass is 329 g/mol. The molecule has 0 saturated carbocycles. The molecule has 0 N–H and O–H groups in total. The van der Waals surface area contributed by atoms with Gasteiger partial charge in [0.05, 0.1) is 25.4 Å². The Bertz CT molecular complexity index is 967. The molecule has 0 amide bonds. The lowest BCUT2D eigenvalue weighted by Gasteiger charge is -2.10. The fraction of sp³-hybridized carbons (Fsp3) is 0.136. The van der Waals surface area contributed by atoms with E-state index in [2.05, 4.69) is 12.1 Å². The van der Waals surface area contributed by atoms with Gasteiger partial charge < -0.3 is 9.47 Å². The Kier molecular flexibility index (Phi) is 5.01. The van der Waals surface area contributed by atoms with Crippen LogP contribution in [-0.4, -0.2) is 13.7 Å². The number of benzene rings is 3. The highest BCUT2D eigenvalue weighted by atomic mass is 16.5. The summed E-state index contributed by atoms with van der Waals surface area (Å²) in [6.45, 7) is 2.51. The normalized spacial score (nSPS) is 11.2. The van der Waals surface area contributed by atoms with Gasteiger partial charge in [-0.3, -0.25) is 0 Å². The minimum Gasteiger partial charge on any atom is -0.493 e. The highest BCUT2D eigenvalue weighted by Crippen LogP contribution is 2.30. The van der Waals surface area contributed by atoms with Crippen molar-refractivity contribution < 1.29 is 9.47 Å². The van der Waals surface area contributed by atoms with Crippen LogP contribution in [-0.2, 0) is 0 Å². The summed E-state index contributed by atoms with van der Waals surface area (Å²) in [6, 6.07) is 22.1. The SMILES string of the molecule is CCOc1ccc(/C=C(/C#N)c2ccc3ccccc3c2)cc1OC. The number of hydrogen-bond acceptors (Lipinski definition) is 3. The largest absolute Gasteiger partial charge is 0.493 e. The molecule has 0 atom stereocenters. The first-order valence-electron chi connectivity index (χ1n) is 8.17. The highest BCUT2D eigenvalue weighted by molar-refractivity contribution is 5.94. The number of nitriles is 1. The number of rotatable bonds is 5. The molecule has 0 radical (unpaired) electrons. The van der Waals surface area contributed by atoms with Gasteiger partial charge in [0.2, 0.25) is 0 Å². The van der Waals surface area contributed by atoms with Gasteiger partial charge in [-0.05, 0) is 53.1 Å². The summed E-state index contributed by atoms with van der Waals surface area (Å²) in [7, 11) is 1.61. The number of fused-ring (bicyclic) bond motifs is 1. The molecule has 0 heterocycles. The lowest BCUT2D eigenvalue weighted by Crippen LogP contribution is -1.95. The van der Waals surface area contributed by atoms with Gasteiger partial charge in [0.1, 0.15) is 0 Å². The third kappa shape index (κ3) is 3.64. The maximum absolute atomic E-state index is 9.60. The molecule has 3 heteroatoms.